The summed E-state index contributed by atoms with van der Waals surface area (Å²) in [4.78, 5) is 7.15. The maximum Gasteiger partial charge on any atom is 0.129 e. The average Bonchev–Trinajstić information content (AvgIpc) is 2.80. The van der Waals surface area contributed by atoms with E-state index in [4.69, 9.17) is 4.98 Å². The topological polar surface area (TPSA) is 39.9 Å². The van der Waals surface area contributed by atoms with Gasteiger partial charge in [-0.2, -0.15) is 5.26 Å². The van der Waals surface area contributed by atoms with Gasteiger partial charge in [-0.1, -0.05) is 13.0 Å². The van der Waals surface area contributed by atoms with Crippen LogP contribution in [0.5, 0.6) is 0 Å². The number of pyridine rings is 1. The van der Waals surface area contributed by atoms with Gasteiger partial charge in [-0.05, 0) is 86.9 Å². The number of halogens is 2. The van der Waals surface area contributed by atoms with Crippen molar-refractivity contribution in [2.45, 2.75) is 46.5 Å². The van der Waals surface area contributed by atoms with Crippen LogP contribution in [0.25, 0.3) is 11.1 Å². The fourth-order valence-corrected chi connectivity index (χ4v) is 5.00. The molecule has 170 valence electrons. The van der Waals surface area contributed by atoms with Crippen LogP contribution in [0.4, 0.5) is 14.5 Å². The Morgan fingerprint density at radius 2 is 1.82 bits per heavy atom. The molecule has 0 bridgehead atoms. The summed E-state index contributed by atoms with van der Waals surface area (Å²) in [5.74, 6) is -0.634. The van der Waals surface area contributed by atoms with Crippen LogP contribution in [0.1, 0.15) is 47.8 Å². The molecular formula is C28H29F2N3. The van der Waals surface area contributed by atoms with Gasteiger partial charge in [0.2, 0.25) is 0 Å². The number of hydrogen-bond acceptors (Lipinski definition) is 3. The monoisotopic (exact) mass is 445 g/mol. The molecule has 0 radical (unpaired) electrons. The summed E-state index contributed by atoms with van der Waals surface area (Å²) in [6, 6.07) is 14.1. The zero-order chi connectivity index (χ0) is 23.5. The van der Waals surface area contributed by atoms with Gasteiger partial charge in [-0.15, -0.1) is 0 Å². The van der Waals surface area contributed by atoms with Crippen molar-refractivity contribution in [2.24, 2.45) is 5.92 Å². The Morgan fingerprint density at radius 1 is 1.06 bits per heavy atom. The van der Waals surface area contributed by atoms with Crippen molar-refractivity contribution in [3.63, 3.8) is 0 Å². The minimum Gasteiger partial charge on any atom is -0.371 e. The van der Waals surface area contributed by atoms with Gasteiger partial charge in [0.25, 0.3) is 0 Å². The SMILES string of the molecule is CCc1nc(C)cc(C)c1-c1cc(C#N)ccc1N1CCC(Cc2ccc(F)cc2F)CC1. The zero-order valence-electron chi connectivity index (χ0n) is 19.5. The van der Waals surface area contributed by atoms with Gasteiger partial charge in [0, 0.05) is 47.4 Å². The highest BCUT2D eigenvalue weighted by molar-refractivity contribution is 5.83. The maximum absolute atomic E-state index is 14.1. The molecule has 3 nitrogen and oxygen atoms in total. The smallest absolute Gasteiger partial charge is 0.129 e. The fourth-order valence-electron chi connectivity index (χ4n) is 5.00. The Labute approximate surface area is 194 Å². The van der Waals surface area contributed by atoms with E-state index in [-0.39, 0.29) is 0 Å². The van der Waals surface area contributed by atoms with Crippen LogP contribution in [-0.4, -0.2) is 18.1 Å². The second-order valence-corrected chi connectivity index (χ2v) is 8.97. The summed E-state index contributed by atoms with van der Waals surface area (Å²) in [6.07, 6.45) is 3.31. The lowest BCUT2D eigenvalue weighted by molar-refractivity contribution is 0.397. The molecule has 0 N–H and O–H groups in total. The van der Waals surface area contributed by atoms with Crippen molar-refractivity contribution >= 4 is 5.69 Å². The summed E-state index contributed by atoms with van der Waals surface area (Å²) < 4.78 is 27.3. The van der Waals surface area contributed by atoms with Crippen LogP contribution in [-0.2, 0) is 12.8 Å². The molecule has 5 heteroatoms. The Kier molecular flexibility index (Phi) is 6.74. The minimum atomic E-state index is -0.535. The predicted octanol–water partition coefficient (Wildman–Crippen LogP) is 6.54. The first kappa shape index (κ1) is 22.9. The third-order valence-corrected chi connectivity index (χ3v) is 6.63. The number of piperidine rings is 1. The molecule has 3 aromatic rings. The molecule has 2 aromatic carbocycles. The Morgan fingerprint density at radius 3 is 2.48 bits per heavy atom. The van der Waals surface area contributed by atoms with E-state index in [1.165, 1.54) is 6.07 Å². The molecule has 1 saturated heterocycles. The quantitative estimate of drug-likeness (QED) is 0.448. The summed E-state index contributed by atoms with van der Waals surface area (Å²) in [5, 5.41) is 9.53. The number of benzene rings is 2. The van der Waals surface area contributed by atoms with E-state index in [1.54, 1.807) is 6.07 Å². The van der Waals surface area contributed by atoms with Crippen LogP contribution in [0.3, 0.4) is 0 Å². The maximum atomic E-state index is 14.1. The van der Waals surface area contributed by atoms with Crippen molar-refractivity contribution in [1.82, 2.24) is 4.98 Å². The minimum absolute atomic E-state index is 0.358. The molecule has 0 spiro atoms. The molecular weight excluding hydrogens is 416 g/mol. The average molecular weight is 446 g/mol. The molecule has 1 aliphatic rings. The van der Waals surface area contributed by atoms with Gasteiger partial charge >= 0.3 is 0 Å². The molecule has 1 fully saturated rings. The van der Waals surface area contributed by atoms with E-state index in [0.29, 0.717) is 23.5 Å². The standard InChI is InChI=1S/C28H29F2N3/c1-4-26-28(18(2)13-19(3)32-26)24-15-21(17-31)5-8-27(24)33-11-9-20(10-12-33)14-22-6-7-23(29)16-25(22)30/h5-8,13,15-16,20H,4,9-12,14H2,1-3H3. The predicted molar refractivity (Wildman–Crippen MR) is 128 cm³/mol. The van der Waals surface area contributed by atoms with Gasteiger partial charge in [0.05, 0.1) is 11.6 Å². The number of hydrogen-bond donors (Lipinski definition) is 0. The fraction of sp³-hybridized carbons (Fsp3) is 0.357. The Balaban J connectivity index is 1.60. The van der Waals surface area contributed by atoms with E-state index in [0.717, 1.165) is 72.2 Å². The van der Waals surface area contributed by atoms with Crippen LogP contribution in [0.15, 0.2) is 42.5 Å². The lowest BCUT2D eigenvalue weighted by Gasteiger charge is -2.35. The molecule has 0 atom stereocenters. The molecule has 2 heterocycles. The first-order chi connectivity index (χ1) is 15.9. The van der Waals surface area contributed by atoms with E-state index < -0.39 is 11.6 Å². The third-order valence-electron chi connectivity index (χ3n) is 6.63. The number of rotatable bonds is 5. The summed E-state index contributed by atoms with van der Waals surface area (Å²) in [7, 11) is 0. The van der Waals surface area contributed by atoms with E-state index in [1.807, 2.05) is 25.1 Å². The van der Waals surface area contributed by atoms with Crippen molar-refractivity contribution < 1.29 is 8.78 Å². The normalized spacial score (nSPS) is 14.4. The van der Waals surface area contributed by atoms with Gasteiger partial charge in [-0.3, -0.25) is 4.98 Å². The number of aryl methyl sites for hydroxylation is 3. The largest absolute Gasteiger partial charge is 0.371 e. The van der Waals surface area contributed by atoms with E-state index in [2.05, 4.69) is 30.9 Å². The lowest BCUT2D eigenvalue weighted by atomic mass is 9.88. The lowest BCUT2D eigenvalue weighted by Crippen LogP contribution is -2.34. The summed E-state index contributed by atoms with van der Waals surface area (Å²) >= 11 is 0. The Bertz CT molecular complexity index is 1200. The van der Waals surface area contributed by atoms with Crippen LogP contribution in [0, 0.1) is 42.7 Å². The van der Waals surface area contributed by atoms with Crippen molar-refractivity contribution in [3.8, 4) is 17.2 Å². The van der Waals surface area contributed by atoms with Gasteiger partial charge in [0.1, 0.15) is 11.6 Å². The Hall–Kier alpha value is -3.26. The van der Waals surface area contributed by atoms with Crippen molar-refractivity contribution in [1.29, 1.82) is 5.26 Å². The molecule has 0 saturated carbocycles. The van der Waals surface area contributed by atoms with Gasteiger partial charge in [0.15, 0.2) is 0 Å². The van der Waals surface area contributed by atoms with Crippen LogP contribution in [0.2, 0.25) is 0 Å². The van der Waals surface area contributed by atoms with E-state index >= 15 is 0 Å². The molecule has 4 rings (SSSR count). The van der Waals surface area contributed by atoms with Gasteiger partial charge in [-0.25, -0.2) is 8.78 Å². The van der Waals surface area contributed by atoms with E-state index in [9.17, 15) is 14.0 Å². The molecule has 1 aliphatic heterocycles. The zero-order valence-corrected chi connectivity index (χ0v) is 19.5. The third kappa shape index (κ3) is 4.90. The first-order valence-electron chi connectivity index (χ1n) is 11.6. The highest BCUT2D eigenvalue weighted by Crippen LogP contribution is 2.38. The van der Waals surface area contributed by atoms with Crippen molar-refractivity contribution in [3.05, 3.63) is 82.2 Å². The van der Waals surface area contributed by atoms with Crippen molar-refractivity contribution in [2.75, 3.05) is 18.0 Å². The molecule has 0 unspecified atom stereocenters. The van der Waals surface area contributed by atoms with Gasteiger partial charge < -0.3 is 4.90 Å². The van der Waals surface area contributed by atoms with Crippen LogP contribution < -0.4 is 4.90 Å². The molecule has 0 aliphatic carbocycles. The second kappa shape index (κ2) is 9.70. The molecule has 33 heavy (non-hydrogen) atoms. The number of nitrogens with zero attached hydrogens (tertiary/aromatic N) is 3. The highest BCUT2D eigenvalue weighted by Gasteiger charge is 2.24. The molecule has 1 aromatic heterocycles. The summed E-state index contributed by atoms with van der Waals surface area (Å²) in [6.45, 7) is 7.93. The summed E-state index contributed by atoms with van der Waals surface area (Å²) in [5.41, 5.74) is 7.72. The number of aromatic nitrogens is 1. The number of anilines is 1. The highest BCUT2D eigenvalue weighted by atomic mass is 19.1. The molecule has 0 amide bonds. The number of nitriles is 1. The second-order valence-electron chi connectivity index (χ2n) is 8.97. The first-order valence-corrected chi connectivity index (χ1v) is 11.6. The van der Waals surface area contributed by atoms with Crippen LogP contribution >= 0.6 is 0 Å².